The average molecular weight is 396 g/mol. The number of thiazole rings is 1. The number of H-pyrrole nitrogens is 1. The smallest absolute Gasteiger partial charge is 0.352 e. The number of carbonyl (C=O) groups excluding carboxylic acids is 1. The third-order valence-corrected chi connectivity index (χ3v) is 4.87. The number of imidazole rings is 1. The van der Waals surface area contributed by atoms with Gasteiger partial charge in [0.1, 0.15) is 0 Å². The Kier molecular flexibility index (Phi) is 4.98. The van der Waals surface area contributed by atoms with Crippen LogP contribution in [-0.2, 0) is 18.0 Å². The Balaban J connectivity index is 1.63. The number of alkyl halides is 3. The number of hydrogen-bond donors (Lipinski definition) is 2. The fraction of sp³-hybridized carbons (Fsp3) is 0.389. The summed E-state index contributed by atoms with van der Waals surface area (Å²) in [7, 11) is 0. The molecule has 9 heteroatoms. The number of hydrogen-bond acceptors (Lipinski definition) is 4. The van der Waals surface area contributed by atoms with Gasteiger partial charge in [-0.05, 0) is 18.2 Å². The molecule has 0 unspecified atom stereocenters. The molecule has 144 valence electrons. The van der Waals surface area contributed by atoms with Crippen molar-refractivity contribution in [3.05, 3.63) is 45.7 Å². The number of aromatic nitrogens is 3. The molecule has 0 aliphatic rings. The molecule has 2 heterocycles. The van der Waals surface area contributed by atoms with E-state index in [1.54, 1.807) is 11.3 Å². The zero-order chi connectivity index (χ0) is 19.8. The molecule has 0 fully saturated rings. The molecule has 5 nitrogen and oxygen atoms in total. The van der Waals surface area contributed by atoms with Crippen molar-refractivity contribution in [1.29, 1.82) is 0 Å². The zero-order valence-corrected chi connectivity index (χ0v) is 15.9. The fourth-order valence-corrected chi connectivity index (χ4v) is 3.47. The summed E-state index contributed by atoms with van der Waals surface area (Å²) in [5, 5.41) is 5.71. The molecule has 0 saturated carbocycles. The standard InChI is InChI=1S/C18H19F3N4OS/c1-17(2,3)13-9-27-14(25-13)6-7-22-15(26)10-4-5-11-12(8-10)24-16(23-11)18(19,20)21/h4-5,8-9H,6-7H2,1-3H3,(H,22,26)(H,23,24). The molecular formula is C18H19F3N4OS. The number of nitrogens with zero attached hydrogens (tertiary/aromatic N) is 2. The quantitative estimate of drug-likeness (QED) is 0.690. The molecule has 1 aromatic carbocycles. The number of benzene rings is 1. The monoisotopic (exact) mass is 396 g/mol. The lowest BCUT2D eigenvalue weighted by atomic mass is 9.93. The van der Waals surface area contributed by atoms with Crippen molar-refractivity contribution in [3.8, 4) is 0 Å². The molecule has 0 spiro atoms. The Morgan fingerprint density at radius 3 is 2.59 bits per heavy atom. The lowest BCUT2D eigenvalue weighted by molar-refractivity contribution is -0.144. The number of fused-ring (bicyclic) bond motifs is 1. The number of amides is 1. The van der Waals surface area contributed by atoms with Gasteiger partial charge >= 0.3 is 6.18 Å². The molecular weight excluding hydrogens is 377 g/mol. The van der Waals surface area contributed by atoms with E-state index in [-0.39, 0.29) is 27.9 Å². The van der Waals surface area contributed by atoms with Crippen LogP contribution in [-0.4, -0.2) is 27.4 Å². The van der Waals surface area contributed by atoms with E-state index in [0.717, 1.165) is 10.7 Å². The number of halogens is 3. The van der Waals surface area contributed by atoms with Crippen LogP contribution in [0.3, 0.4) is 0 Å². The Labute approximate surface area is 158 Å². The second kappa shape index (κ2) is 6.95. The van der Waals surface area contributed by atoms with Gasteiger partial charge in [0.25, 0.3) is 5.91 Å². The SMILES string of the molecule is CC(C)(C)c1csc(CCNC(=O)c2ccc3nc(C(F)(F)F)[nH]c3c2)n1. The van der Waals surface area contributed by atoms with Crippen LogP contribution in [0.5, 0.6) is 0 Å². The number of aromatic amines is 1. The van der Waals surface area contributed by atoms with Crippen molar-refractivity contribution < 1.29 is 18.0 Å². The van der Waals surface area contributed by atoms with Gasteiger partial charge in [0.05, 0.1) is 21.7 Å². The highest BCUT2D eigenvalue weighted by molar-refractivity contribution is 7.09. The molecule has 2 aromatic heterocycles. The van der Waals surface area contributed by atoms with Crippen LogP contribution in [0.2, 0.25) is 0 Å². The maximum atomic E-state index is 12.7. The predicted molar refractivity (Wildman–Crippen MR) is 97.9 cm³/mol. The van der Waals surface area contributed by atoms with Gasteiger partial charge in [0.2, 0.25) is 5.82 Å². The van der Waals surface area contributed by atoms with Crippen LogP contribution in [0, 0.1) is 0 Å². The molecule has 0 aliphatic heterocycles. The molecule has 0 radical (unpaired) electrons. The fourth-order valence-electron chi connectivity index (χ4n) is 2.44. The van der Waals surface area contributed by atoms with Crippen molar-refractivity contribution >= 4 is 28.3 Å². The first-order valence-electron chi connectivity index (χ1n) is 8.34. The van der Waals surface area contributed by atoms with E-state index in [1.165, 1.54) is 18.2 Å². The van der Waals surface area contributed by atoms with Gasteiger partial charge in [0.15, 0.2) is 0 Å². The van der Waals surface area contributed by atoms with Gasteiger partial charge in [-0.3, -0.25) is 4.79 Å². The minimum absolute atomic E-state index is 0.0211. The highest BCUT2D eigenvalue weighted by atomic mass is 32.1. The van der Waals surface area contributed by atoms with Crippen LogP contribution < -0.4 is 5.32 Å². The van der Waals surface area contributed by atoms with Crippen molar-refractivity contribution in [1.82, 2.24) is 20.3 Å². The third-order valence-electron chi connectivity index (χ3n) is 3.96. The molecule has 0 saturated heterocycles. The maximum absolute atomic E-state index is 12.7. The van der Waals surface area contributed by atoms with E-state index in [4.69, 9.17) is 0 Å². The molecule has 3 aromatic rings. The Morgan fingerprint density at radius 1 is 1.22 bits per heavy atom. The van der Waals surface area contributed by atoms with Crippen LogP contribution >= 0.6 is 11.3 Å². The van der Waals surface area contributed by atoms with E-state index >= 15 is 0 Å². The summed E-state index contributed by atoms with van der Waals surface area (Å²) in [6.45, 7) is 6.65. The number of nitrogens with one attached hydrogen (secondary N) is 2. The van der Waals surface area contributed by atoms with Gasteiger partial charge in [-0.1, -0.05) is 20.8 Å². The number of carbonyl (C=O) groups is 1. The first-order valence-corrected chi connectivity index (χ1v) is 9.22. The highest BCUT2D eigenvalue weighted by Gasteiger charge is 2.34. The number of rotatable bonds is 4. The minimum Gasteiger partial charge on any atom is -0.352 e. The first-order chi connectivity index (χ1) is 12.5. The van der Waals surface area contributed by atoms with Gasteiger partial charge in [0, 0.05) is 29.3 Å². The summed E-state index contributed by atoms with van der Waals surface area (Å²) >= 11 is 1.55. The summed E-state index contributed by atoms with van der Waals surface area (Å²) in [6.07, 6.45) is -3.96. The van der Waals surface area contributed by atoms with Gasteiger partial charge in [-0.2, -0.15) is 13.2 Å². The lowest BCUT2D eigenvalue weighted by Gasteiger charge is -2.14. The Bertz CT molecular complexity index is 969. The predicted octanol–water partition coefficient (Wildman–Crippen LogP) is 4.31. The molecule has 27 heavy (non-hydrogen) atoms. The minimum atomic E-state index is -4.55. The van der Waals surface area contributed by atoms with E-state index in [0.29, 0.717) is 13.0 Å². The largest absolute Gasteiger partial charge is 0.449 e. The Hall–Kier alpha value is -2.42. The van der Waals surface area contributed by atoms with Crippen molar-refractivity contribution in [2.45, 2.75) is 38.8 Å². The maximum Gasteiger partial charge on any atom is 0.449 e. The van der Waals surface area contributed by atoms with Crippen LogP contribution in [0.4, 0.5) is 13.2 Å². The normalized spacial score (nSPS) is 12.5. The van der Waals surface area contributed by atoms with Crippen molar-refractivity contribution in [3.63, 3.8) is 0 Å². The van der Waals surface area contributed by atoms with E-state index < -0.39 is 12.0 Å². The van der Waals surface area contributed by atoms with E-state index in [1.807, 2.05) is 5.38 Å². The summed E-state index contributed by atoms with van der Waals surface area (Å²) < 4.78 is 38.1. The summed E-state index contributed by atoms with van der Waals surface area (Å²) in [5.74, 6) is -1.43. The molecule has 2 N–H and O–H groups in total. The molecule has 0 atom stereocenters. The third kappa shape index (κ3) is 4.47. The molecule has 1 amide bonds. The second-order valence-electron chi connectivity index (χ2n) is 7.20. The van der Waals surface area contributed by atoms with Crippen LogP contribution in [0.25, 0.3) is 11.0 Å². The molecule has 3 rings (SSSR count). The zero-order valence-electron chi connectivity index (χ0n) is 15.1. The van der Waals surface area contributed by atoms with Gasteiger partial charge < -0.3 is 10.3 Å². The van der Waals surface area contributed by atoms with Crippen molar-refractivity contribution in [2.24, 2.45) is 0 Å². The second-order valence-corrected chi connectivity index (χ2v) is 8.14. The summed E-state index contributed by atoms with van der Waals surface area (Å²) in [5.41, 5.74) is 1.60. The van der Waals surface area contributed by atoms with Gasteiger partial charge in [-0.15, -0.1) is 11.3 Å². The average Bonchev–Trinajstić information content (AvgIpc) is 3.19. The van der Waals surface area contributed by atoms with Crippen LogP contribution in [0.1, 0.15) is 47.7 Å². The molecule has 0 aliphatic carbocycles. The van der Waals surface area contributed by atoms with Crippen molar-refractivity contribution in [2.75, 3.05) is 6.54 Å². The summed E-state index contributed by atoms with van der Waals surface area (Å²) in [4.78, 5) is 22.5. The van der Waals surface area contributed by atoms with E-state index in [2.05, 4.69) is 41.0 Å². The highest BCUT2D eigenvalue weighted by Crippen LogP contribution is 2.28. The van der Waals surface area contributed by atoms with Gasteiger partial charge in [-0.25, -0.2) is 9.97 Å². The lowest BCUT2D eigenvalue weighted by Crippen LogP contribution is -2.25. The topological polar surface area (TPSA) is 70.7 Å². The Morgan fingerprint density at radius 2 is 1.96 bits per heavy atom. The first kappa shape index (κ1) is 19.3. The molecule has 0 bridgehead atoms. The van der Waals surface area contributed by atoms with E-state index in [9.17, 15) is 18.0 Å². The van der Waals surface area contributed by atoms with Crippen LogP contribution in [0.15, 0.2) is 23.6 Å². The summed E-state index contributed by atoms with van der Waals surface area (Å²) in [6, 6.07) is 4.22.